The van der Waals surface area contributed by atoms with Crippen LogP contribution in [-0.4, -0.2) is 39.0 Å². The van der Waals surface area contributed by atoms with E-state index in [4.69, 9.17) is 0 Å². The number of piperidine rings is 1. The van der Waals surface area contributed by atoms with E-state index in [0.717, 1.165) is 6.04 Å². The fourth-order valence-electron chi connectivity index (χ4n) is 3.37. The third kappa shape index (κ3) is 2.51. The Hall–Kier alpha value is -0.900. The summed E-state index contributed by atoms with van der Waals surface area (Å²) in [6, 6.07) is 1.46. The number of nitrogens with zero attached hydrogens (tertiary/aromatic N) is 4. The van der Waals surface area contributed by atoms with Crippen molar-refractivity contribution in [3.63, 3.8) is 0 Å². The lowest BCUT2D eigenvalue weighted by Gasteiger charge is -2.39. The van der Waals surface area contributed by atoms with Crippen LogP contribution in [0.25, 0.3) is 0 Å². The van der Waals surface area contributed by atoms with Crippen LogP contribution in [0.5, 0.6) is 0 Å². The smallest absolute Gasteiger partial charge is 0.0693 e. The summed E-state index contributed by atoms with van der Waals surface area (Å²) in [5.74, 6) is 0. The summed E-state index contributed by atoms with van der Waals surface area (Å²) in [6.45, 7) is 2.49. The van der Waals surface area contributed by atoms with Crippen molar-refractivity contribution in [1.82, 2.24) is 19.9 Å². The normalized spacial score (nSPS) is 25.2. The van der Waals surface area contributed by atoms with Crippen LogP contribution in [0.3, 0.4) is 0 Å². The van der Waals surface area contributed by atoms with Crippen molar-refractivity contribution >= 4 is 0 Å². The molecule has 17 heavy (non-hydrogen) atoms. The predicted octanol–water partition coefficient (Wildman–Crippen LogP) is 2.25. The first-order valence-electron chi connectivity index (χ1n) is 7.03. The number of hydrogen-bond donors (Lipinski definition) is 0. The van der Waals surface area contributed by atoms with Gasteiger partial charge in [-0.15, -0.1) is 5.10 Å². The highest BCUT2D eigenvalue weighted by Gasteiger charge is 2.26. The molecule has 1 saturated carbocycles. The molecule has 1 aromatic heterocycles. The Labute approximate surface area is 103 Å². The topological polar surface area (TPSA) is 34.0 Å². The number of rotatable bonds is 2. The van der Waals surface area contributed by atoms with E-state index in [1.807, 2.05) is 10.9 Å². The highest BCUT2D eigenvalue weighted by Crippen LogP contribution is 2.28. The van der Waals surface area contributed by atoms with Crippen molar-refractivity contribution < 1.29 is 0 Å². The second-order valence-corrected chi connectivity index (χ2v) is 5.44. The van der Waals surface area contributed by atoms with Crippen LogP contribution in [-0.2, 0) is 0 Å². The molecule has 4 heteroatoms. The van der Waals surface area contributed by atoms with E-state index in [1.165, 1.54) is 58.0 Å². The molecule has 0 spiro atoms. The highest BCUT2D eigenvalue weighted by atomic mass is 15.4. The average molecular weight is 234 g/mol. The largest absolute Gasteiger partial charge is 0.300 e. The molecule has 2 aliphatic rings. The maximum absolute atomic E-state index is 4.13. The third-order valence-corrected chi connectivity index (χ3v) is 4.41. The van der Waals surface area contributed by atoms with E-state index in [1.54, 1.807) is 6.20 Å². The van der Waals surface area contributed by atoms with Crippen LogP contribution in [0.15, 0.2) is 12.4 Å². The lowest BCUT2D eigenvalue weighted by atomic mass is 9.92. The maximum atomic E-state index is 4.13. The van der Waals surface area contributed by atoms with Crippen LogP contribution < -0.4 is 0 Å². The summed E-state index contributed by atoms with van der Waals surface area (Å²) >= 11 is 0. The van der Waals surface area contributed by atoms with Crippen LogP contribution >= 0.6 is 0 Å². The highest BCUT2D eigenvalue weighted by molar-refractivity contribution is 4.83. The standard InChI is InChI=1S/C13H22N4/c1-2-4-12(5-3-1)16-9-6-13(7-10-16)17-11-8-14-15-17/h8,11-13H,1-7,9-10H2. The van der Waals surface area contributed by atoms with E-state index in [-0.39, 0.29) is 0 Å². The summed E-state index contributed by atoms with van der Waals surface area (Å²) in [6.07, 6.45) is 13.4. The molecular formula is C13H22N4. The predicted molar refractivity (Wildman–Crippen MR) is 66.7 cm³/mol. The van der Waals surface area contributed by atoms with Gasteiger partial charge in [-0.05, 0) is 25.7 Å². The minimum absolute atomic E-state index is 0.581. The van der Waals surface area contributed by atoms with Crippen molar-refractivity contribution in [2.45, 2.75) is 57.0 Å². The lowest BCUT2D eigenvalue weighted by Crippen LogP contribution is -2.42. The van der Waals surface area contributed by atoms with Crippen molar-refractivity contribution in [1.29, 1.82) is 0 Å². The Morgan fingerprint density at radius 3 is 2.29 bits per heavy atom. The van der Waals surface area contributed by atoms with Gasteiger partial charge in [-0.3, -0.25) is 0 Å². The minimum atomic E-state index is 0.581. The van der Waals surface area contributed by atoms with E-state index < -0.39 is 0 Å². The molecule has 0 bridgehead atoms. The van der Waals surface area contributed by atoms with Gasteiger partial charge in [0.25, 0.3) is 0 Å². The fraction of sp³-hybridized carbons (Fsp3) is 0.846. The summed E-state index contributed by atoms with van der Waals surface area (Å²) < 4.78 is 2.04. The summed E-state index contributed by atoms with van der Waals surface area (Å²) in [5, 5.41) is 8.03. The first kappa shape index (κ1) is 11.2. The molecule has 2 heterocycles. The zero-order chi connectivity index (χ0) is 11.5. The van der Waals surface area contributed by atoms with Crippen molar-refractivity contribution in [3.05, 3.63) is 12.4 Å². The number of aromatic nitrogens is 3. The molecule has 0 radical (unpaired) electrons. The molecule has 1 aliphatic heterocycles. The summed E-state index contributed by atoms with van der Waals surface area (Å²) in [4.78, 5) is 2.71. The summed E-state index contributed by atoms with van der Waals surface area (Å²) in [5.41, 5.74) is 0. The lowest BCUT2D eigenvalue weighted by molar-refractivity contribution is 0.105. The van der Waals surface area contributed by atoms with E-state index in [2.05, 4.69) is 15.2 Å². The molecule has 4 nitrogen and oxygen atoms in total. The van der Waals surface area contributed by atoms with E-state index >= 15 is 0 Å². The molecule has 1 saturated heterocycles. The molecule has 3 rings (SSSR count). The Balaban J connectivity index is 1.53. The zero-order valence-corrected chi connectivity index (χ0v) is 10.5. The first-order chi connectivity index (χ1) is 8.43. The van der Waals surface area contributed by atoms with Gasteiger partial charge in [0.1, 0.15) is 0 Å². The van der Waals surface area contributed by atoms with Gasteiger partial charge >= 0.3 is 0 Å². The van der Waals surface area contributed by atoms with Crippen LogP contribution in [0.2, 0.25) is 0 Å². The van der Waals surface area contributed by atoms with Crippen LogP contribution in [0.4, 0.5) is 0 Å². The molecule has 0 N–H and O–H groups in total. The van der Waals surface area contributed by atoms with E-state index in [9.17, 15) is 0 Å². The van der Waals surface area contributed by atoms with Crippen LogP contribution in [0.1, 0.15) is 51.0 Å². The average Bonchev–Trinajstić information content (AvgIpc) is 2.94. The van der Waals surface area contributed by atoms with Crippen molar-refractivity contribution in [2.75, 3.05) is 13.1 Å². The van der Waals surface area contributed by atoms with Gasteiger partial charge in [-0.2, -0.15) is 0 Å². The fourth-order valence-corrected chi connectivity index (χ4v) is 3.37. The van der Waals surface area contributed by atoms with Gasteiger partial charge in [-0.1, -0.05) is 24.5 Å². The Morgan fingerprint density at radius 2 is 1.65 bits per heavy atom. The Kier molecular flexibility index (Phi) is 3.41. The van der Waals surface area contributed by atoms with E-state index in [0.29, 0.717) is 6.04 Å². The SMILES string of the molecule is c1cn(C2CCN(C3CCCCC3)CC2)nn1. The van der Waals surface area contributed by atoms with Crippen molar-refractivity contribution in [2.24, 2.45) is 0 Å². The monoisotopic (exact) mass is 234 g/mol. The molecule has 1 aromatic rings. The maximum Gasteiger partial charge on any atom is 0.0693 e. The Bertz CT molecular complexity index is 321. The molecule has 2 fully saturated rings. The second kappa shape index (κ2) is 5.17. The first-order valence-corrected chi connectivity index (χ1v) is 7.03. The molecule has 1 aliphatic carbocycles. The third-order valence-electron chi connectivity index (χ3n) is 4.41. The zero-order valence-electron chi connectivity index (χ0n) is 10.5. The molecule has 0 unspecified atom stereocenters. The van der Waals surface area contributed by atoms with Gasteiger partial charge in [0.2, 0.25) is 0 Å². The number of likely N-dealkylation sites (tertiary alicyclic amines) is 1. The quantitative estimate of drug-likeness (QED) is 0.787. The molecule has 0 atom stereocenters. The summed E-state index contributed by atoms with van der Waals surface area (Å²) in [7, 11) is 0. The molecular weight excluding hydrogens is 212 g/mol. The van der Waals surface area contributed by atoms with Crippen molar-refractivity contribution in [3.8, 4) is 0 Å². The second-order valence-electron chi connectivity index (χ2n) is 5.44. The molecule has 0 amide bonds. The van der Waals surface area contributed by atoms with Gasteiger partial charge in [-0.25, -0.2) is 4.68 Å². The molecule has 0 aromatic carbocycles. The van der Waals surface area contributed by atoms with Gasteiger partial charge in [0.15, 0.2) is 0 Å². The number of hydrogen-bond acceptors (Lipinski definition) is 3. The molecule has 94 valence electrons. The van der Waals surface area contributed by atoms with Crippen LogP contribution in [0, 0.1) is 0 Å². The van der Waals surface area contributed by atoms with Gasteiger partial charge in [0.05, 0.1) is 12.2 Å². The minimum Gasteiger partial charge on any atom is -0.300 e. The Morgan fingerprint density at radius 1 is 0.882 bits per heavy atom. The van der Waals surface area contributed by atoms with Gasteiger partial charge in [0, 0.05) is 25.3 Å². The van der Waals surface area contributed by atoms with Gasteiger partial charge < -0.3 is 4.90 Å².